The largest absolute Gasteiger partial charge is 0.419 e. The average molecular weight is 304 g/mol. The van der Waals surface area contributed by atoms with E-state index in [1.54, 1.807) is 12.3 Å². The van der Waals surface area contributed by atoms with Gasteiger partial charge in [0.05, 0.1) is 11.2 Å². The van der Waals surface area contributed by atoms with E-state index in [-0.39, 0.29) is 11.4 Å². The first kappa shape index (κ1) is 14.1. The van der Waals surface area contributed by atoms with E-state index in [2.05, 4.69) is 10.3 Å². The number of aromatic amines is 1. The number of hydrogen-bond donors (Lipinski definition) is 2. The second kappa shape index (κ2) is 4.87. The van der Waals surface area contributed by atoms with Crippen LogP contribution in [0.2, 0.25) is 0 Å². The second-order valence-electron chi connectivity index (χ2n) is 5.24. The molecule has 3 rings (SSSR count). The molecule has 2 aromatic rings. The number of carbonyl (C=O) groups is 2. The Bertz CT molecular complexity index is 785. The van der Waals surface area contributed by atoms with Crippen LogP contribution in [0.15, 0.2) is 36.2 Å². The van der Waals surface area contributed by atoms with E-state index in [1.165, 1.54) is 32.2 Å². The van der Waals surface area contributed by atoms with Gasteiger partial charge in [0.2, 0.25) is 0 Å². The second-order valence-corrected chi connectivity index (χ2v) is 5.24. The van der Waals surface area contributed by atoms with Crippen molar-refractivity contribution in [3.8, 4) is 0 Å². The number of hydrogen-bond acceptors (Lipinski definition) is 5. The van der Waals surface area contributed by atoms with Crippen LogP contribution < -0.4 is 5.32 Å². The van der Waals surface area contributed by atoms with Crippen LogP contribution >= 0.6 is 0 Å². The highest BCUT2D eigenvalue weighted by atomic mass is 19.1. The maximum absolute atomic E-state index is 13.6. The number of halogens is 1. The van der Waals surface area contributed by atoms with Gasteiger partial charge in [-0.05, 0) is 18.2 Å². The number of aromatic nitrogens is 1. The zero-order chi connectivity index (χ0) is 15.9. The standard InChI is InChI=1S/C15H13FN2O4/c1-15(2)21-13(19)9(14(20)22-15)7-18-11-4-3-10(16)8-5-6-17-12(8)11/h3-7,17-18H,1-2H3. The summed E-state index contributed by atoms with van der Waals surface area (Å²) < 4.78 is 23.5. The summed E-state index contributed by atoms with van der Waals surface area (Å²) in [5.41, 5.74) is 0.775. The zero-order valence-electron chi connectivity index (χ0n) is 11.9. The lowest BCUT2D eigenvalue weighted by Crippen LogP contribution is -2.42. The van der Waals surface area contributed by atoms with Crippen molar-refractivity contribution in [2.75, 3.05) is 5.32 Å². The summed E-state index contributed by atoms with van der Waals surface area (Å²) >= 11 is 0. The van der Waals surface area contributed by atoms with Gasteiger partial charge in [-0.2, -0.15) is 0 Å². The molecule has 1 aliphatic rings. The quantitative estimate of drug-likeness (QED) is 0.506. The first-order valence-electron chi connectivity index (χ1n) is 6.56. The van der Waals surface area contributed by atoms with E-state index in [0.717, 1.165) is 0 Å². The molecule has 0 atom stereocenters. The minimum atomic E-state index is -1.28. The minimum Gasteiger partial charge on any atom is -0.419 e. The number of fused-ring (bicyclic) bond motifs is 1. The predicted octanol–water partition coefficient (Wildman–Crippen LogP) is 2.44. The van der Waals surface area contributed by atoms with Crippen LogP contribution in [0.3, 0.4) is 0 Å². The number of benzene rings is 1. The molecule has 6 nitrogen and oxygen atoms in total. The minimum absolute atomic E-state index is 0.261. The van der Waals surface area contributed by atoms with Gasteiger partial charge < -0.3 is 19.8 Å². The van der Waals surface area contributed by atoms with Crippen LogP contribution in [-0.2, 0) is 19.1 Å². The third kappa shape index (κ3) is 2.41. The first-order valence-corrected chi connectivity index (χ1v) is 6.56. The summed E-state index contributed by atoms with van der Waals surface area (Å²) in [6, 6.07) is 4.38. The maximum Gasteiger partial charge on any atom is 0.350 e. The van der Waals surface area contributed by atoms with Crippen molar-refractivity contribution in [1.82, 2.24) is 4.98 Å². The SMILES string of the molecule is CC1(C)OC(=O)C(=CNc2ccc(F)c3cc[nH]c23)C(=O)O1. The van der Waals surface area contributed by atoms with E-state index in [0.29, 0.717) is 16.6 Å². The first-order chi connectivity index (χ1) is 10.4. The van der Waals surface area contributed by atoms with Crippen molar-refractivity contribution in [2.24, 2.45) is 0 Å². The van der Waals surface area contributed by atoms with Gasteiger partial charge in [0.15, 0.2) is 5.57 Å². The lowest BCUT2D eigenvalue weighted by atomic mass is 10.2. The van der Waals surface area contributed by atoms with Crippen LogP contribution in [0.5, 0.6) is 0 Å². The fraction of sp³-hybridized carbons (Fsp3) is 0.200. The Morgan fingerprint density at radius 1 is 1.18 bits per heavy atom. The highest BCUT2D eigenvalue weighted by Crippen LogP contribution is 2.26. The third-order valence-corrected chi connectivity index (χ3v) is 3.16. The fourth-order valence-corrected chi connectivity index (χ4v) is 2.17. The predicted molar refractivity (Wildman–Crippen MR) is 76.2 cm³/mol. The van der Waals surface area contributed by atoms with Crippen LogP contribution in [-0.4, -0.2) is 22.7 Å². The average Bonchev–Trinajstić information content (AvgIpc) is 2.89. The summed E-state index contributed by atoms with van der Waals surface area (Å²) in [5.74, 6) is -3.21. The Morgan fingerprint density at radius 2 is 1.86 bits per heavy atom. The smallest absolute Gasteiger partial charge is 0.350 e. The molecule has 1 aromatic heterocycles. The molecular weight excluding hydrogens is 291 g/mol. The van der Waals surface area contributed by atoms with Gasteiger partial charge in [0.1, 0.15) is 5.82 Å². The van der Waals surface area contributed by atoms with Crippen LogP contribution in [0.4, 0.5) is 10.1 Å². The monoisotopic (exact) mass is 304 g/mol. The fourth-order valence-electron chi connectivity index (χ4n) is 2.17. The molecule has 0 unspecified atom stereocenters. The lowest BCUT2D eigenvalue weighted by Gasteiger charge is -2.29. The summed E-state index contributed by atoms with van der Waals surface area (Å²) in [4.78, 5) is 26.5. The maximum atomic E-state index is 13.6. The van der Waals surface area contributed by atoms with Crippen molar-refractivity contribution in [3.63, 3.8) is 0 Å². The molecule has 1 aromatic carbocycles. The van der Waals surface area contributed by atoms with Crippen LogP contribution in [0.25, 0.3) is 10.9 Å². The van der Waals surface area contributed by atoms with E-state index in [9.17, 15) is 14.0 Å². The molecule has 0 amide bonds. The van der Waals surface area contributed by atoms with E-state index in [4.69, 9.17) is 9.47 Å². The molecule has 2 N–H and O–H groups in total. The van der Waals surface area contributed by atoms with Crippen molar-refractivity contribution >= 4 is 28.5 Å². The molecule has 114 valence electrons. The third-order valence-electron chi connectivity index (χ3n) is 3.16. The molecule has 0 saturated carbocycles. The Morgan fingerprint density at radius 3 is 2.55 bits per heavy atom. The van der Waals surface area contributed by atoms with Gasteiger partial charge in [-0.3, -0.25) is 0 Å². The van der Waals surface area contributed by atoms with Crippen molar-refractivity contribution < 1.29 is 23.5 Å². The molecule has 0 aliphatic carbocycles. The van der Waals surface area contributed by atoms with E-state index < -0.39 is 17.7 Å². The normalized spacial score (nSPS) is 17.1. The summed E-state index contributed by atoms with van der Waals surface area (Å²) in [7, 11) is 0. The molecule has 2 heterocycles. The van der Waals surface area contributed by atoms with Gasteiger partial charge in [-0.25, -0.2) is 14.0 Å². The lowest BCUT2D eigenvalue weighted by molar-refractivity contribution is -0.222. The van der Waals surface area contributed by atoms with E-state index in [1.807, 2.05) is 0 Å². The van der Waals surface area contributed by atoms with E-state index >= 15 is 0 Å². The van der Waals surface area contributed by atoms with Crippen LogP contribution in [0, 0.1) is 5.82 Å². The number of esters is 2. The number of nitrogens with one attached hydrogen (secondary N) is 2. The molecule has 0 bridgehead atoms. The summed E-state index contributed by atoms with van der Waals surface area (Å²) in [5, 5.41) is 3.20. The molecule has 0 spiro atoms. The zero-order valence-corrected chi connectivity index (χ0v) is 11.9. The highest BCUT2D eigenvalue weighted by Gasteiger charge is 2.38. The van der Waals surface area contributed by atoms with Crippen molar-refractivity contribution in [1.29, 1.82) is 0 Å². The van der Waals surface area contributed by atoms with Gasteiger partial charge in [0.25, 0.3) is 5.79 Å². The number of cyclic esters (lactones) is 2. The van der Waals surface area contributed by atoms with Gasteiger partial charge in [0, 0.05) is 31.6 Å². The number of rotatable bonds is 2. The molecule has 22 heavy (non-hydrogen) atoms. The number of carbonyl (C=O) groups excluding carboxylic acids is 2. The molecule has 7 heteroatoms. The molecule has 1 fully saturated rings. The van der Waals surface area contributed by atoms with Gasteiger partial charge >= 0.3 is 11.9 Å². The number of anilines is 1. The summed E-state index contributed by atoms with van der Waals surface area (Å²) in [6.45, 7) is 2.94. The van der Waals surface area contributed by atoms with Gasteiger partial charge in [-0.1, -0.05) is 0 Å². The Hall–Kier alpha value is -2.83. The number of ether oxygens (including phenoxy) is 2. The number of H-pyrrole nitrogens is 1. The van der Waals surface area contributed by atoms with Crippen molar-refractivity contribution in [3.05, 3.63) is 42.0 Å². The Balaban J connectivity index is 1.90. The Kier molecular flexibility index (Phi) is 3.13. The van der Waals surface area contributed by atoms with Crippen molar-refractivity contribution in [2.45, 2.75) is 19.6 Å². The van der Waals surface area contributed by atoms with Gasteiger partial charge in [-0.15, -0.1) is 0 Å². The summed E-state index contributed by atoms with van der Waals surface area (Å²) in [6.07, 6.45) is 2.78. The topological polar surface area (TPSA) is 80.4 Å². The highest BCUT2D eigenvalue weighted by molar-refractivity contribution is 6.15. The molecular formula is C15H13FN2O4. The van der Waals surface area contributed by atoms with Crippen LogP contribution in [0.1, 0.15) is 13.8 Å². The molecule has 1 aliphatic heterocycles. The molecule has 0 radical (unpaired) electrons. The molecule has 1 saturated heterocycles. The Labute approximate surface area is 124 Å².